The van der Waals surface area contributed by atoms with Crippen LogP contribution in [0.3, 0.4) is 0 Å². The summed E-state index contributed by atoms with van der Waals surface area (Å²) in [5, 5.41) is 0.642. The van der Waals surface area contributed by atoms with Crippen LogP contribution < -0.4 is 0 Å². The van der Waals surface area contributed by atoms with E-state index in [0.29, 0.717) is 5.25 Å². The maximum Gasteiger partial charge on any atom is 0.150 e. The highest BCUT2D eigenvalue weighted by molar-refractivity contribution is 7.99. The van der Waals surface area contributed by atoms with Crippen LogP contribution in [0.1, 0.15) is 25.7 Å². The number of sulfone groups is 1. The Morgan fingerprint density at radius 3 is 2.00 bits per heavy atom. The van der Waals surface area contributed by atoms with Crippen molar-refractivity contribution in [3.05, 3.63) is 0 Å². The predicted molar refractivity (Wildman–Crippen MR) is 54.4 cm³/mol. The molecule has 0 unspecified atom stereocenters. The molecule has 1 saturated carbocycles. The predicted octanol–water partition coefficient (Wildman–Crippen LogP) is 1.71. The van der Waals surface area contributed by atoms with Crippen LogP contribution in [0, 0.1) is 0 Å². The first-order chi connectivity index (χ1) is 5.54. The molecule has 1 aliphatic carbocycles. The molecule has 1 aliphatic rings. The highest BCUT2D eigenvalue weighted by Gasteiger charge is 2.26. The number of hydrogen-bond acceptors (Lipinski definition) is 3. The summed E-state index contributed by atoms with van der Waals surface area (Å²) in [6.45, 7) is 0. The van der Waals surface area contributed by atoms with Gasteiger partial charge in [0.05, 0.1) is 5.25 Å². The summed E-state index contributed by atoms with van der Waals surface area (Å²) in [5.41, 5.74) is 0. The standard InChI is InChI=1S/C8H16O2S2/c1-11-7-3-5-8(6-4-7)12(2,9)10/h7-8H,3-6H2,1-2H3. The second kappa shape index (κ2) is 4.01. The molecule has 0 bridgehead atoms. The molecule has 12 heavy (non-hydrogen) atoms. The third-order valence-corrected chi connectivity index (χ3v) is 5.38. The molecular weight excluding hydrogens is 192 g/mol. The minimum Gasteiger partial charge on any atom is -0.229 e. The lowest BCUT2D eigenvalue weighted by Crippen LogP contribution is -2.27. The average molecular weight is 208 g/mol. The van der Waals surface area contributed by atoms with Crippen molar-refractivity contribution in [1.29, 1.82) is 0 Å². The summed E-state index contributed by atoms with van der Waals surface area (Å²) in [6, 6.07) is 0. The first-order valence-electron chi connectivity index (χ1n) is 4.25. The Hall–Kier alpha value is 0.300. The number of rotatable bonds is 2. The van der Waals surface area contributed by atoms with Gasteiger partial charge in [-0.3, -0.25) is 0 Å². The Morgan fingerprint density at radius 2 is 1.67 bits per heavy atom. The van der Waals surface area contributed by atoms with Crippen LogP contribution in [0.5, 0.6) is 0 Å². The van der Waals surface area contributed by atoms with E-state index in [1.165, 1.54) is 6.26 Å². The van der Waals surface area contributed by atoms with E-state index in [4.69, 9.17) is 0 Å². The van der Waals surface area contributed by atoms with Gasteiger partial charge < -0.3 is 0 Å². The lowest BCUT2D eigenvalue weighted by atomic mass is 10.00. The van der Waals surface area contributed by atoms with Crippen molar-refractivity contribution in [3.8, 4) is 0 Å². The molecule has 0 aliphatic heterocycles. The summed E-state index contributed by atoms with van der Waals surface area (Å²) in [4.78, 5) is 0. The van der Waals surface area contributed by atoms with E-state index in [2.05, 4.69) is 6.26 Å². The quantitative estimate of drug-likeness (QED) is 0.693. The van der Waals surface area contributed by atoms with E-state index in [-0.39, 0.29) is 5.25 Å². The van der Waals surface area contributed by atoms with Crippen LogP contribution in [-0.2, 0) is 9.84 Å². The van der Waals surface area contributed by atoms with Crippen molar-refractivity contribution in [2.24, 2.45) is 0 Å². The van der Waals surface area contributed by atoms with Crippen LogP contribution in [0.25, 0.3) is 0 Å². The molecule has 0 heterocycles. The van der Waals surface area contributed by atoms with Crippen molar-refractivity contribution >= 4 is 21.6 Å². The Morgan fingerprint density at radius 1 is 1.17 bits per heavy atom. The highest BCUT2D eigenvalue weighted by Crippen LogP contribution is 2.29. The van der Waals surface area contributed by atoms with Crippen molar-refractivity contribution in [1.82, 2.24) is 0 Å². The van der Waals surface area contributed by atoms with Crippen LogP contribution in [0.15, 0.2) is 0 Å². The minimum absolute atomic E-state index is 0.0547. The molecule has 2 nitrogen and oxygen atoms in total. The van der Waals surface area contributed by atoms with Crippen LogP contribution in [0.2, 0.25) is 0 Å². The molecule has 0 N–H and O–H groups in total. The van der Waals surface area contributed by atoms with Crippen molar-refractivity contribution < 1.29 is 8.42 Å². The molecule has 0 spiro atoms. The van der Waals surface area contributed by atoms with Crippen molar-refractivity contribution in [2.45, 2.75) is 36.2 Å². The molecule has 0 amide bonds. The Kier molecular flexibility index (Phi) is 3.47. The molecule has 0 aromatic heterocycles. The molecular formula is C8H16O2S2. The maximum atomic E-state index is 11.2. The molecule has 1 rings (SSSR count). The second-order valence-corrected chi connectivity index (χ2v) is 6.93. The molecule has 1 fully saturated rings. The molecule has 0 radical (unpaired) electrons. The molecule has 0 aromatic carbocycles. The van der Waals surface area contributed by atoms with Crippen LogP contribution in [-0.4, -0.2) is 31.4 Å². The SMILES string of the molecule is CSC1CCC(S(C)(=O)=O)CC1. The third kappa shape index (κ3) is 2.66. The first-order valence-corrected chi connectivity index (χ1v) is 7.50. The molecule has 72 valence electrons. The number of hydrogen-bond donors (Lipinski definition) is 0. The largest absolute Gasteiger partial charge is 0.229 e. The summed E-state index contributed by atoms with van der Waals surface area (Å²) < 4.78 is 22.3. The fourth-order valence-corrected chi connectivity index (χ4v) is 3.57. The lowest BCUT2D eigenvalue weighted by Gasteiger charge is -2.25. The van der Waals surface area contributed by atoms with Gasteiger partial charge in [0.25, 0.3) is 0 Å². The topological polar surface area (TPSA) is 34.1 Å². The fourth-order valence-electron chi connectivity index (χ4n) is 1.70. The Labute approximate surface area is 79.0 Å². The van der Waals surface area contributed by atoms with E-state index >= 15 is 0 Å². The molecule has 0 atom stereocenters. The molecule has 0 saturated heterocycles. The zero-order valence-electron chi connectivity index (χ0n) is 7.62. The second-order valence-electron chi connectivity index (χ2n) is 3.46. The maximum absolute atomic E-state index is 11.2. The highest BCUT2D eigenvalue weighted by atomic mass is 32.2. The lowest BCUT2D eigenvalue weighted by molar-refractivity contribution is 0.495. The van der Waals surface area contributed by atoms with Gasteiger partial charge in [-0.25, -0.2) is 8.42 Å². The van der Waals surface area contributed by atoms with E-state index in [1.54, 1.807) is 0 Å². The van der Waals surface area contributed by atoms with Gasteiger partial charge in [-0.1, -0.05) is 0 Å². The summed E-state index contributed by atoms with van der Waals surface area (Å²) in [7, 11) is -2.77. The van der Waals surface area contributed by atoms with Gasteiger partial charge in [-0.2, -0.15) is 11.8 Å². The average Bonchev–Trinajstić information content (AvgIpc) is 2.03. The van der Waals surface area contributed by atoms with Gasteiger partial charge in [-0.05, 0) is 31.9 Å². The van der Waals surface area contributed by atoms with Gasteiger partial charge in [0.1, 0.15) is 9.84 Å². The fraction of sp³-hybridized carbons (Fsp3) is 1.00. The minimum atomic E-state index is -2.77. The third-order valence-electron chi connectivity index (χ3n) is 2.56. The van der Waals surface area contributed by atoms with Gasteiger partial charge in [0.2, 0.25) is 0 Å². The normalized spacial score (nSPS) is 31.8. The zero-order chi connectivity index (χ0) is 9.19. The van der Waals surface area contributed by atoms with E-state index in [9.17, 15) is 8.42 Å². The van der Waals surface area contributed by atoms with Crippen LogP contribution >= 0.6 is 11.8 Å². The van der Waals surface area contributed by atoms with E-state index in [1.807, 2.05) is 11.8 Å². The monoisotopic (exact) mass is 208 g/mol. The smallest absolute Gasteiger partial charge is 0.150 e. The Balaban J connectivity index is 2.47. The van der Waals surface area contributed by atoms with E-state index in [0.717, 1.165) is 25.7 Å². The summed E-state index contributed by atoms with van der Waals surface area (Å²) >= 11 is 1.86. The summed E-state index contributed by atoms with van der Waals surface area (Å²) in [6.07, 6.45) is 7.33. The van der Waals surface area contributed by atoms with Gasteiger partial charge in [0.15, 0.2) is 0 Å². The van der Waals surface area contributed by atoms with Gasteiger partial charge >= 0.3 is 0 Å². The first kappa shape index (κ1) is 10.4. The number of thioether (sulfide) groups is 1. The molecule has 4 heteroatoms. The van der Waals surface area contributed by atoms with Gasteiger partial charge in [-0.15, -0.1) is 0 Å². The van der Waals surface area contributed by atoms with Gasteiger partial charge in [0, 0.05) is 11.5 Å². The van der Waals surface area contributed by atoms with Crippen molar-refractivity contribution in [3.63, 3.8) is 0 Å². The van der Waals surface area contributed by atoms with Crippen LogP contribution in [0.4, 0.5) is 0 Å². The Bertz CT molecular complexity index is 225. The zero-order valence-corrected chi connectivity index (χ0v) is 9.25. The van der Waals surface area contributed by atoms with E-state index < -0.39 is 9.84 Å². The molecule has 0 aromatic rings. The summed E-state index contributed by atoms with van der Waals surface area (Å²) in [5.74, 6) is 0. The van der Waals surface area contributed by atoms with Crippen molar-refractivity contribution in [2.75, 3.05) is 12.5 Å².